The Morgan fingerprint density at radius 3 is 3.08 bits per heavy atom. The van der Waals surface area contributed by atoms with Crippen molar-refractivity contribution in [1.82, 2.24) is 4.90 Å². The maximum absolute atomic E-state index is 10.3. The number of carboxylic acids is 1. The van der Waals surface area contributed by atoms with E-state index in [0.717, 1.165) is 19.0 Å². The number of nitrogens with zero attached hydrogens (tertiary/aromatic N) is 1. The molecule has 0 aromatic rings. The Balaban J connectivity index is 2.38. The van der Waals surface area contributed by atoms with E-state index >= 15 is 0 Å². The second kappa shape index (κ2) is 4.90. The molecule has 0 bridgehead atoms. The predicted molar refractivity (Wildman–Crippen MR) is 51.4 cm³/mol. The summed E-state index contributed by atoms with van der Waals surface area (Å²) in [5.74, 6) is -0.120. The van der Waals surface area contributed by atoms with Crippen LogP contribution in [0.4, 0.5) is 0 Å². The molecule has 0 aromatic heterocycles. The Morgan fingerprint density at radius 2 is 2.46 bits per heavy atom. The van der Waals surface area contributed by atoms with Gasteiger partial charge in [-0.2, -0.15) is 0 Å². The van der Waals surface area contributed by atoms with Crippen molar-refractivity contribution in [3.8, 4) is 0 Å². The van der Waals surface area contributed by atoms with E-state index < -0.39 is 5.97 Å². The first kappa shape index (κ1) is 10.1. The molecule has 0 amide bonds. The quantitative estimate of drug-likeness (QED) is 0.677. The lowest BCUT2D eigenvalue weighted by Crippen LogP contribution is -2.31. The van der Waals surface area contributed by atoms with Gasteiger partial charge in [0.05, 0.1) is 0 Å². The zero-order chi connectivity index (χ0) is 9.68. The molecule has 0 radical (unpaired) electrons. The first-order valence-corrected chi connectivity index (χ1v) is 4.87. The molecule has 0 aromatic carbocycles. The summed E-state index contributed by atoms with van der Waals surface area (Å²) in [6, 6.07) is 0. The fourth-order valence-electron chi connectivity index (χ4n) is 1.74. The summed E-state index contributed by atoms with van der Waals surface area (Å²) in [6.45, 7) is 4.20. The van der Waals surface area contributed by atoms with E-state index in [-0.39, 0.29) is 0 Å². The first-order chi connectivity index (χ1) is 6.22. The molecule has 1 saturated heterocycles. The van der Waals surface area contributed by atoms with Crippen molar-refractivity contribution in [1.29, 1.82) is 0 Å². The number of rotatable bonds is 3. The van der Waals surface area contributed by atoms with Gasteiger partial charge in [-0.15, -0.1) is 0 Å². The summed E-state index contributed by atoms with van der Waals surface area (Å²) < 4.78 is 0. The van der Waals surface area contributed by atoms with Crippen LogP contribution in [-0.4, -0.2) is 29.1 Å². The van der Waals surface area contributed by atoms with Gasteiger partial charge in [-0.05, 0) is 18.8 Å². The fraction of sp³-hybridized carbons (Fsp3) is 0.700. The number of hydrogen-bond donors (Lipinski definition) is 1. The van der Waals surface area contributed by atoms with Crippen molar-refractivity contribution in [2.24, 2.45) is 5.92 Å². The van der Waals surface area contributed by atoms with E-state index in [4.69, 9.17) is 5.11 Å². The van der Waals surface area contributed by atoms with Crippen molar-refractivity contribution in [2.45, 2.75) is 26.2 Å². The van der Waals surface area contributed by atoms with Crippen LogP contribution in [0.15, 0.2) is 12.3 Å². The SMILES string of the molecule is CCC1CCCN(/C=C/C(=O)O)C1. The van der Waals surface area contributed by atoms with Crippen LogP contribution in [0.5, 0.6) is 0 Å². The van der Waals surface area contributed by atoms with E-state index in [1.807, 2.05) is 0 Å². The second-order valence-corrected chi connectivity index (χ2v) is 3.57. The lowest BCUT2D eigenvalue weighted by atomic mass is 9.96. The Kier molecular flexibility index (Phi) is 3.80. The minimum Gasteiger partial charge on any atom is -0.478 e. The second-order valence-electron chi connectivity index (χ2n) is 3.57. The van der Waals surface area contributed by atoms with Gasteiger partial charge in [0.25, 0.3) is 0 Å². The number of carboxylic acid groups (broad SMARTS) is 1. The number of carbonyl (C=O) groups is 1. The number of aliphatic carboxylic acids is 1. The minimum absolute atomic E-state index is 0.743. The molecule has 1 aliphatic heterocycles. The van der Waals surface area contributed by atoms with Crippen molar-refractivity contribution in [3.63, 3.8) is 0 Å². The lowest BCUT2D eigenvalue weighted by molar-refractivity contribution is -0.131. The van der Waals surface area contributed by atoms with Crippen LogP contribution in [0.3, 0.4) is 0 Å². The third-order valence-electron chi connectivity index (χ3n) is 2.56. The zero-order valence-corrected chi connectivity index (χ0v) is 8.07. The molecule has 1 unspecified atom stereocenters. The van der Waals surface area contributed by atoms with Crippen LogP contribution in [-0.2, 0) is 4.79 Å². The predicted octanol–water partition coefficient (Wildman–Crippen LogP) is 1.71. The number of likely N-dealkylation sites (tertiary alicyclic amines) is 1. The van der Waals surface area contributed by atoms with Gasteiger partial charge in [0.2, 0.25) is 0 Å². The lowest BCUT2D eigenvalue weighted by Gasteiger charge is -2.31. The van der Waals surface area contributed by atoms with Gasteiger partial charge in [-0.3, -0.25) is 0 Å². The Bertz CT molecular complexity index is 201. The van der Waals surface area contributed by atoms with Gasteiger partial charge in [0, 0.05) is 25.4 Å². The topological polar surface area (TPSA) is 40.5 Å². The van der Waals surface area contributed by atoms with Gasteiger partial charge >= 0.3 is 5.97 Å². The molecule has 0 spiro atoms. The standard InChI is InChI=1S/C10H17NO2/c1-2-9-4-3-6-11(8-9)7-5-10(12)13/h5,7,9H,2-4,6,8H2,1H3,(H,12,13)/b7-5+. The largest absolute Gasteiger partial charge is 0.478 e. The zero-order valence-electron chi connectivity index (χ0n) is 8.07. The molecular weight excluding hydrogens is 166 g/mol. The van der Waals surface area contributed by atoms with Crippen molar-refractivity contribution in [2.75, 3.05) is 13.1 Å². The summed E-state index contributed by atoms with van der Waals surface area (Å²) in [6.07, 6.45) is 6.58. The molecule has 1 N–H and O–H groups in total. The summed E-state index contributed by atoms with van der Waals surface area (Å²) in [5, 5.41) is 8.45. The van der Waals surface area contributed by atoms with Crippen LogP contribution >= 0.6 is 0 Å². The van der Waals surface area contributed by atoms with Crippen LogP contribution in [0.2, 0.25) is 0 Å². The summed E-state index contributed by atoms with van der Waals surface area (Å²) >= 11 is 0. The normalized spacial score (nSPS) is 23.8. The minimum atomic E-state index is -0.862. The summed E-state index contributed by atoms with van der Waals surface area (Å²) in [5.41, 5.74) is 0. The highest BCUT2D eigenvalue weighted by atomic mass is 16.4. The summed E-state index contributed by atoms with van der Waals surface area (Å²) in [7, 11) is 0. The van der Waals surface area contributed by atoms with E-state index in [0.29, 0.717) is 0 Å². The maximum Gasteiger partial charge on any atom is 0.329 e. The highest BCUT2D eigenvalue weighted by Gasteiger charge is 2.15. The monoisotopic (exact) mass is 183 g/mol. The van der Waals surface area contributed by atoms with E-state index in [1.165, 1.54) is 25.3 Å². The molecule has 1 fully saturated rings. The highest BCUT2D eigenvalue weighted by molar-refractivity contribution is 5.79. The van der Waals surface area contributed by atoms with E-state index in [9.17, 15) is 4.79 Å². The Labute approximate surface area is 79.0 Å². The molecule has 1 aliphatic rings. The van der Waals surface area contributed by atoms with Crippen molar-refractivity contribution >= 4 is 5.97 Å². The maximum atomic E-state index is 10.3. The molecule has 1 atom stereocenters. The van der Waals surface area contributed by atoms with Gasteiger partial charge in [-0.25, -0.2) is 4.79 Å². The smallest absolute Gasteiger partial charge is 0.329 e. The molecule has 3 nitrogen and oxygen atoms in total. The molecule has 0 saturated carbocycles. The fourth-order valence-corrected chi connectivity index (χ4v) is 1.74. The van der Waals surface area contributed by atoms with Gasteiger partial charge < -0.3 is 10.0 Å². The number of piperidine rings is 1. The van der Waals surface area contributed by atoms with Gasteiger partial charge in [0.1, 0.15) is 0 Å². The third kappa shape index (κ3) is 3.49. The summed E-state index contributed by atoms with van der Waals surface area (Å²) in [4.78, 5) is 12.4. The third-order valence-corrected chi connectivity index (χ3v) is 2.56. The van der Waals surface area contributed by atoms with Crippen LogP contribution in [0.1, 0.15) is 26.2 Å². The molecule has 1 rings (SSSR count). The molecule has 3 heteroatoms. The van der Waals surface area contributed by atoms with Gasteiger partial charge in [0.15, 0.2) is 0 Å². The van der Waals surface area contributed by atoms with Crippen molar-refractivity contribution in [3.05, 3.63) is 12.3 Å². The Morgan fingerprint density at radius 1 is 1.69 bits per heavy atom. The van der Waals surface area contributed by atoms with Crippen LogP contribution < -0.4 is 0 Å². The van der Waals surface area contributed by atoms with Gasteiger partial charge in [-0.1, -0.05) is 13.3 Å². The van der Waals surface area contributed by atoms with Crippen LogP contribution in [0.25, 0.3) is 0 Å². The highest BCUT2D eigenvalue weighted by Crippen LogP contribution is 2.18. The van der Waals surface area contributed by atoms with E-state index in [2.05, 4.69) is 11.8 Å². The molecule has 1 heterocycles. The van der Waals surface area contributed by atoms with E-state index in [1.54, 1.807) is 6.20 Å². The molecule has 0 aliphatic carbocycles. The Hall–Kier alpha value is -0.990. The van der Waals surface area contributed by atoms with Crippen molar-refractivity contribution < 1.29 is 9.90 Å². The molecular formula is C10H17NO2. The average molecular weight is 183 g/mol. The first-order valence-electron chi connectivity index (χ1n) is 4.87. The molecule has 74 valence electrons. The average Bonchev–Trinajstić information content (AvgIpc) is 2.15. The van der Waals surface area contributed by atoms with Crippen LogP contribution in [0, 0.1) is 5.92 Å². The molecule has 13 heavy (non-hydrogen) atoms. The number of hydrogen-bond acceptors (Lipinski definition) is 2.